The lowest BCUT2D eigenvalue weighted by Crippen LogP contribution is -2.29. The van der Waals surface area contributed by atoms with Crippen LogP contribution in [-0.2, 0) is 4.79 Å². The highest BCUT2D eigenvalue weighted by Gasteiger charge is 1.99. The maximum Gasteiger partial charge on any atom is 0.368 e. The number of amides is 1. The van der Waals surface area contributed by atoms with Gasteiger partial charge in [-0.1, -0.05) is 0 Å². The summed E-state index contributed by atoms with van der Waals surface area (Å²) in [5.41, 5.74) is 2.14. The van der Waals surface area contributed by atoms with Crippen molar-refractivity contribution in [3.8, 4) is 0 Å². The van der Waals surface area contributed by atoms with E-state index in [0.717, 1.165) is 0 Å². The molecule has 0 atom stereocenters. The molecule has 70 valence electrons. The summed E-state index contributed by atoms with van der Waals surface area (Å²) >= 11 is 0. The second kappa shape index (κ2) is 3.70. The second-order valence-electron chi connectivity index (χ2n) is 2.37. The third-order valence-corrected chi connectivity index (χ3v) is 1.35. The highest BCUT2D eigenvalue weighted by molar-refractivity contribution is 5.87. The van der Waals surface area contributed by atoms with Crippen molar-refractivity contribution in [3.63, 3.8) is 0 Å². The van der Waals surface area contributed by atoms with E-state index in [0.29, 0.717) is 0 Å². The lowest BCUT2D eigenvalue weighted by Gasteiger charge is -2.04. The predicted octanol–water partition coefficient (Wildman–Crippen LogP) is -0.625. The van der Waals surface area contributed by atoms with Crippen molar-refractivity contribution in [3.05, 3.63) is 22.7 Å². The molecule has 0 spiro atoms. The Morgan fingerprint density at radius 2 is 2.31 bits per heavy atom. The normalized spacial score (nSPS) is 9.38. The van der Waals surface area contributed by atoms with Crippen molar-refractivity contribution in [1.29, 1.82) is 0 Å². The maximum atomic E-state index is 11.1. The molecular formula is C7H10N4O2. The van der Waals surface area contributed by atoms with E-state index in [1.807, 2.05) is 0 Å². The summed E-state index contributed by atoms with van der Waals surface area (Å²) in [6.07, 6.45) is 1.49. The lowest BCUT2D eigenvalue weighted by atomic mass is 10.5. The van der Waals surface area contributed by atoms with Gasteiger partial charge in [-0.05, 0) is 6.07 Å². The topological polar surface area (TPSA) is 76.0 Å². The Bertz CT molecular complexity index is 371. The SMILES string of the molecule is CNn1ccc(NC(C)=O)nc1=O. The van der Waals surface area contributed by atoms with Crippen LogP contribution in [0.5, 0.6) is 0 Å². The van der Waals surface area contributed by atoms with Gasteiger partial charge in [-0.15, -0.1) is 0 Å². The quantitative estimate of drug-likeness (QED) is 0.638. The smallest absolute Gasteiger partial charge is 0.325 e. The number of anilines is 1. The molecule has 1 heterocycles. The van der Waals surface area contributed by atoms with Crippen molar-refractivity contribution in [1.82, 2.24) is 9.66 Å². The fraction of sp³-hybridized carbons (Fsp3) is 0.286. The van der Waals surface area contributed by atoms with Gasteiger partial charge >= 0.3 is 5.69 Å². The molecule has 0 aliphatic rings. The molecule has 13 heavy (non-hydrogen) atoms. The number of nitrogens with one attached hydrogen (secondary N) is 2. The molecule has 1 aromatic rings. The number of carbonyl (C=O) groups excluding carboxylic acids is 1. The van der Waals surface area contributed by atoms with Crippen LogP contribution in [0.25, 0.3) is 0 Å². The number of rotatable bonds is 2. The van der Waals surface area contributed by atoms with Crippen molar-refractivity contribution >= 4 is 11.7 Å². The highest BCUT2D eigenvalue weighted by atomic mass is 16.2. The Kier molecular flexibility index (Phi) is 2.63. The van der Waals surface area contributed by atoms with Crippen LogP contribution in [0.4, 0.5) is 5.82 Å². The Labute approximate surface area is 74.6 Å². The molecule has 0 bridgehead atoms. The number of hydrogen-bond acceptors (Lipinski definition) is 4. The molecule has 2 N–H and O–H groups in total. The molecule has 0 unspecified atom stereocenters. The minimum Gasteiger partial charge on any atom is -0.325 e. The summed E-state index contributed by atoms with van der Waals surface area (Å²) in [5, 5.41) is 2.41. The van der Waals surface area contributed by atoms with Crippen molar-refractivity contribution < 1.29 is 4.79 Å². The standard InChI is InChI=1S/C7H10N4O2/c1-5(12)9-6-3-4-11(8-2)7(13)10-6/h3-4,8H,1-2H3,(H,9,10,12,13). The summed E-state index contributed by atoms with van der Waals surface area (Å²) in [5.74, 6) is -0.00175. The molecule has 1 amide bonds. The zero-order chi connectivity index (χ0) is 9.84. The molecule has 0 aliphatic carbocycles. The van der Waals surface area contributed by atoms with E-state index < -0.39 is 5.69 Å². The average molecular weight is 182 g/mol. The van der Waals surface area contributed by atoms with Gasteiger partial charge in [0.25, 0.3) is 0 Å². The summed E-state index contributed by atoms with van der Waals surface area (Å²) in [4.78, 5) is 25.3. The minimum atomic E-state index is -0.464. The lowest BCUT2D eigenvalue weighted by molar-refractivity contribution is -0.114. The molecule has 1 aromatic heterocycles. The Morgan fingerprint density at radius 1 is 1.62 bits per heavy atom. The fourth-order valence-electron chi connectivity index (χ4n) is 0.823. The van der Waals surface area contributed by atoms with Gasteiger partial charge < -0.3 is 10.7 Å². The summed E-state index contributed by atoms with van der Waals surface area (Å²) in [6, 6.07) is 1.53. The molecule has 0 aromatic carbocycles. The largest absolute Gasteiger partial charge is 0.368 e. The average Bonchev–Trinajstić information content (AvgIpc) is 2.03. The predicted molar refractivity (Wildman–Crippen MR) is 48.1 cm³/mol. The third kappa shape index (κ3) is 2.29. The van der Waals surface area contributed by atoms with E-state index >= 15 is 0 Å². The van der Waals surface area contributed by atoms with E-state index in [1.54, 1.807) is 7.05 Å². The maximum absolute atomic E-state index is 11.1. The van der Waals surface area contributed by atoms with Gasteiger partial charge in [0, 0.05) is 20.2 Å². The van der Waals surface area contributed by atoms with E-state index in [9.17, 15) is 9.59 Å². The second-order valence-corrected chi connectivity index (χ2v) is 2.37. The zero-order valence-electron chi connectivity index (χ0n) is 7.37. The number of aromatic nitrogens is 2. The number of hydrogen-bond donors (Lipinski definition) is 2. The molecule has 0 saturated carbocycles. The molecule has 1 rings (SSSR count). The van der Waals surface area contributed by atoms with Gasteiger partial charge in [-0.25, -0.2) is 9.47 Å². The van der Waals surface area contributed by atoms with Crippen LogP contribution in [-0.4, -0.2) is 22.6 Å². The minimum absolute atomic E-state index is 0.254. The molecule has 0 fully saturated rings. The van der Waals surface area contributed by atoms with Gasteiger partial charge in [-0.2, -0.15) is 4.98 Å². The van der Waals surface area contributed by atoms with E-state index in [2.05, 4.69) is 15.7 Å². The number of nitrogens with zero attached hydrogens (tertiary/aromatic N) is 2. The van der Waals surface area contributed by atoms with Crippen LogP contribution in [0.15, 0.2) is 17.1 Å². The molecule has 0 aliphatic heterocycles. The molecular weight excluding hydrogens is 172 g/mol. The van der Waals surface area contributed by atoms with E-state index in [4.69, 9.17) is 0 Å². The van der Waals surface area contributed by atoms with Crippen LogP contribution < -0.4 is 16.4 Å². The van der Waals surface area contributed by atoms with Crippen molar-refractivity contribution in [2.45, 2.75) is 6.92 Å². The van der Waals surface area contributed by atoms with Gasteiger partial charge in [0.15, 0.2) is 0 Å². The highest BCUT2D eigenvalue weighted by Crippen LogP contribution is 1.95. The van der Waals surface area contributed by atoms with Gasteiger partial charge in [0.2, 0.25) is 5.91 Å². The van der Waals surface area contributed by atoms with Crippen LogP contribution >= 0.6 is 0 Å². The van der Waals surface area contributed by atoms with Gasteiger partial charge in [0.05, 0.1) is 0 Å². The molecule has 6 nitrogen and oxygen atoms in total. The first-order valence-electron chi connectivity index (χ1n) is 3.68. The number of carbonyl (C=O) groups is 1. The van der Waals surface area contributed by atoms with Crippen molar-refractivity contribution in [2.75, 3.05) is 17.8 Å². The first-order valence-corrected chi connectivity index (χ1v) is 3.68. The first-order chi connectivity index (χ1) is 6.13. The summed E-state index contributed by atoms with van der Waals surface area (Å²) in [7, 11) is 1.60. The summed E-state index contributed by atoms with van der Waals surface area (Å²) < 4.78 is 1.20. The van der Waals surface area contributed by atoms with Crippen LogP contribution in [0.3, 0.4) is 0 Å². The first kappa shape index (κ1) is 9.24. The molecule has 0 saturated heterocycles. The van der Waals surface area contributed by atoms with Gasteiger partial charge in [-0.3, -0.25) is 4.79 Å². The zero-order valence-corrected chi connectivity index (χ0v) is 7.37. The van der Waals surface area contributed by atoms with Crippen LogP contribution in [0.1, 0.15) is 6.92 Å². The van der Waals surface area contributed by atoms with Crippen molar-refractivity contribution in [2.24, 2.45) is 0 Å². The van der Waals surface area contributed by atoms with Crippen LogP contribution in [0, 0.1) is 0 Å². The van der Waals surface area contributed by atoms with Gasteiger partial charge in [0.1, 0.15) is 5.82 Å². The van der Waals surface area contributed by atoms with E-state index in [1.165, 1.54) is 23.9 Å². The monoisotopic (exact) mass is 182 g/mol. The van der Waals surface area contributed by atoms with E-state index in [-0.39, 0.29) is 11.7 Å². The Morgan fingerprint density at radius 3 is 2.77 bits per heavy atom. The third-order valence-electron chi connectivity index (χ3n) is 1.35. The molecule has 0 radical (unpaired) electrons. The van der Waals surface area contributed by atoms with Crippen LogP contribution in [0.2, 0.25) is 0 Å². The Hall–Kier alpha value is -1.85. The summed E-state index contributed by atoms with van der Waals surface area (Å²) in [6.45, 7) is 1.35. The fourth-order valence-corrected chi connectivity index (χ4v) is 0.823. The molecule has 6 heteroatoms. The Balaban J connectivity index is 2.96.